The van der Waals surface area contributed by atoms with Gasteiger partial charge in [-0.25, -0.2) is 0 Å². The number of rotatable bonds is 2. The minimum Gasteiger partial charge on any atom is -0.336 e. The molecule has 2 rings (SSSR count). The van der Waals surface area contributed by atoms with Crippen molar-refractivity contribution in [3.8, 4) is 0 Å². The second-order valence-corrected chi connectivity index (χ2v) is 5.74. The van der Waals surface area contributed by atoms with E-state index in [1.165, 1.54) is 0 Å². The summed E-state index contributed by atoms with van der Waals surface area (Å²) in [6.45, 7) is 8.35. The van der Waals surface area contributed by atoms with Crippen molar-refractivity contribution >= 4 is 5.91 Å². The maximum atomic E-state index is 12.4. The molecule has 0 aliphatic carbocycles. The summed E-state index contributed by atoms with van der Waals surface area (Å²) >= 11 is 0. The van der Waals surface area contributed by atoms with E-state index in [2.05, 4.69) is 18.9 Å². The number of hydrogen-bond donors (Lipinski definition) is 1. The second-order valence-electron chi connectivity index (χ2n) is 5.74. The highest BCUT2D eigenvalue weighted by atomic mass is 16.2. The first kappa shape index (κ1) is 13.1. The standard InChI is InChI=1S/C13H22N4O/c1-9-6-17(8-13(9,3)7-14)12(18)11-5-10(2)16(4)15-11/h5,9H,6-8,14H2,1-4H3/t9-,13-/m1/s1. The van der Waals surface area contributed by atoms with Crippen LogP contribution < -0.4 is 5.73 Å². The molecule has 1 aliphatic heterocycles. The average molecular weight is 250 g/mol. The normalized spacial score (nSPS) is 27.8. The van der Waals surface area contributed by atoms with Gasteiger partial charge < -0.3 is 10.6 Å². The van der Waals surface area contributed by atoms with Gasteiger partial charge >= 0.3 is 0 Å². The molecular weight excluding hydrogens is 228 g/mol. The quantitative estimate of drug-likeness (QED) is 0.844. The Morgan fingerprint density at radius 3 is 2.78 bits per heavy atom. The summed E-state index contributed by atoms with van der Waals surface area (Å²) in [6, 6.07) is 1.84. The Morgan fingerprint density at radius 1 is 1.67 bits per heavy atom. The van der Waals surface area contributed by atoms with E-state index < -0.39 is 0 Å². The van der Waals surface area contributed by atoms with E-state index in [9.17, 15) is 4.79 Å². The molecule has 2 heterocycles. The Balaban J connectivity index is 2.17. The van der Waals surface area contributed by atoms with Crippen molar-refractivity contribution in [1.82, 2.24) is 14.7 Å². The van der Waals surface area contributed by atoms with Crippen molar-refractivity contribution in [2.24, 2.45) is 24.1 Å². The van der Waals surface area contributed by atoms with E-state index >= 15 is 0 Å². The van der Waals surface area contributed by atoms with Gasteiger partial charge in [0.2, 0.25) is 0 Å². The molecule has 1 aliphatic rings. The second kappa shape index (κ2) is 4.39. The maximum Gasteiger partial charge on any atom is 0.274 e. The molecular formula is C13H22N4O. The predicted octanol–water partition coefficient (Wildman–Crippen LogP) is 0.785. The molecule has 5 nitrogen and oxygen atoms in total. The number of amides is 1. The van der Waals surface area contributed by atoms with Crippen LogP contribution in [0.3, 0.4) is 0 Å². The number of hydrogen-bond acceptors (Lipinski definition) is 3. The zero-order chi connectivity index (χ0) is 13.5. The van der Waals surface area contributed by atoms with Crippen molar-refractivity contribution in [2.75, 3.05) is 19.6 Å². The highest BCUT2D eigenvalue weighted by Gasteiger charge is 2.41. The first-order valence-corrected chi connectivity index (χ1v) is 6.37. The fraction of sp³-hybridized carbons (Fsp3) is 0.692. The Labute approximate surface area is 108 Å². The number of aromatic nitrogens is 2. The SMILES string of the molecule is Cc1cc(C(=O)N2C[C@@H](C)[C@](C)(CN)C2)nn1C. The number of carbonyl (C=O) groups excluding carboxylic acids is 1. The summed E-state index contributed by atoms with van der Waals surface area (Å²) in [4.78, 5) is 14.2. The van der Waals surface area contributed by atoms with Crippen LogP contribution in [-0.4, -0.2) is 40.2 Å². The third kappa shape index (κ3) is 2.03. The van der Waals surface area contributed by atoms with E-state index in [-0.39, 0.29) is 11.3 Å². The Hall–Kier alpha value is -1.36. The molecule has 1 aromatic heterocycles. The van der Waals surface area contributed by atoms with Crippen molar-refractivity contribution in [3.05, 3.63) is 17.5 Å². The molecule has 2 atom stereocenters. The first-order valence-electron chi connectivity index (χ1n) is 6.37. The van der Waals surface area contributed by atoms with Crippen molar-refractivity contribution in [2.45, 2.75) is 20.8 Å². The molecule has 5 heteroatoms. The maximum absolute atomic E-state index is 12.4. The zero-order valence-electron chi connectivity index (χ0n) is 11.6. The van der Waals surface area contributed by atoms with Gasteiger partial charge in [0.1, 0.15) is 0 Å². The lowest BCUT2D eigenvalue weighted by molar-refractivity contribution is 0.0770. The van der Waals surface area contributed by atoms with E-state index in [0.717, 1.165) is 18.8 Å². The van der Waals surface area contributed by atoms with Crippen molar-refractivity contribution in [3.63, 3.8) is 0 Å². The lowest BCUT2D eigenvalue weighted by Gasteiger charge is -2.25. The third-order valence-corrected chi connectivity index (χ3v) is 4.32. The van der Waals surface area contributed by atoms with E-state index in [0.29, 0.717) is 18.2 Å². The first-order chi connectivity index (χ1) is 8.37. The predicted molar refractivity (Wildman–Crippen MR) is 70.2 cm³/mol. The van der Waals surface area contributed by atoms with Gasteiger partial charge in [0.15, 0.2) is 5.69 Å². The average Bonchev–Trinajstić information content (AvgIpc) is 2.81. The monoisotopic (exact) mass is 250 g/mol. The summed E-state index contributed by atoms with van der Waals surface area (Å²) in [5, 5.41) is 4.25. The summed E-state index contributed by atoms with van der Waals surface area (Å²) < 4.78 is 1.73. The third-order valence-electron chi connectivity index (χ3n) is 4.32. The van der Waals surface area contributed by atoms with E-state index in [4.69, 9.17) is 5.73 Å². The smallest absolute Gasteiger partial charge is 0.274 e. The van der Waals surface area contributed by atoms with Gasteiger partial charge in [-0.15, -0.1) is 0 Å². The molecule has 0 unspecified atom stereocenters. The van der Waals surface area contributed by atoms with Crippen molar-refractivity contribution < 1.29 is 4.79 Å². The number of likely N-dealkylation sites (tertiary alicyclic amines) is 1. The molecule has 0 radical (unpaired) electrons. The van der Waals surface area contributed by atoms with Gasteiger partial charge in [-0.3, -0.25) is 9.48 Å². The Morgan fingerprint density at radius 2 is 2.33 bits per heavy atom. The van der Waals surface area contributed by atoms with Gasteiger partial charge in [0.25, 0.3) is 5.91 Å². The molecule has 0 aromatic carbocycles. The van der Waals surface area contributed by atoms with Crippen molar-refractivity contribution in [1.29, 1.82) is 0 Å². The summed E-state index contributed by atoms with van der Waals surface area (Å²) in [5.41, 5.74) is 7.38. The molecule has 100 valence electrons. The van der Waals surface area contributed by atoms with Gasteiger partial charge in [-0.1, -0.05) is 13.8 Å². The van der Waals surface area contributed by atoms with Crippen LogP contribution in [0.4, 0.5) is 0 Å². The minimum absolute atomic E-state index is 0.0164. The number of nitrogens with zero attached hydrogens (tertiary/aromatic N) is 3. The van der Waals surface area contributed by atoms with Crippen LogP contribution in [0, 0.1) is 18.3 Å². The van der Waals surface area contributed by atoms with Crippen LogP contribution in [0.15, 0.2) is 6.07 Å². The lowest BCUT2D eigenvalue weighted by atomic mass is 9.81. The van der Waals surface area contributed by atoms with Crippen LogP contribution in [-0.2, 0) is 7.05 Å². The van der Waals surface area contributed by atoms with E-state index in [1.54, 1.807) is 4.68 Å². The van der Waals surface area contributed by atoms with Crippen LogP contribution in [0.25, 0.3) is 0 Å². The van der Waals surface area contributed by atoms with Crippen LogP contribution in [0.5, 0.6) is 0 Å². The fourth-order valence-electron chi connectivity index (χ4n) is 2.45. The zero-order valence-corrected chi connectivity index (χ0v) is 11.6. The lowest BCUT2D eigenvalue weighted by Crippen LogP contribution is -2.36. The number of aryl methyl sites for hydroxylation is 2. The number of nitrogens with two attached hydrogens (primary N) is 1. The highest BCUT2D eigenvalue weighted by Crippen LogP contribution is 2.34. The Bertz CT molecular complexity index is 448. The summed E-state index contributed by atoms with van der Waals surface area (Å²) in [7, 11) is 1.85. The van der Waals surface area contributed by atoms with Gasteiger partial charge in [0.05, 0.1) is 0 Å². The molecule has 0 spiro atoms. The van der Waals surface area contributed by atoms with Crippen LogP contribution in [0.2, 0.25) is 0 Å². The van der Waals surface area contributed by atoms with Gasteiger partial charge in [-0.05, 0) is 25.5 Å². The molecule has 1 amide bonds. The minimum atomic E-state index is 0.0164. The molecule has 0 saturated carbocycles. The Kier molecular flexibility index (Phi) is 3.19. The molecule has 2 N–H and O–H groups in total. The summed E-state index contributed by atoms with van der Waals surface area (Å²) in [6.07, 6.45) is 0. The number of carbonyl (C=O) groups is 1. The molecule has 1 aromatic rings. The van der Waals surface area contributed by atoms with Crippen LogP contribution >= 0.6 is 0 Å². The van der Waals surface area contributed by atoms with E-state index in [1.807, 2.05) is 24.9 Å². The molecule has 18 heavy (non-hydrogen) atoms. The van der Waals surface area contributed by atoms with Gasteiger partial charge in [-0.2, -0.15) is 5.10 Å². The van der Waals surface area contributed by atoms with Gasteiger partial charge in [0, 0.05) is 31.2 Å². The largest absolute Gasteiger partial charge is 0.336 e. The molecule has 1 fully saturated rings. The topological polar surface area (TPSA) is 64.2 Å². The van der Waals surface area contributed by atoms with Crippen LogP contribution in [0.1, 0.15) is 30.0 Å². The summed E-state index contributed by atoms with van der Waals surface area (Å²) in [5.74, 6) is 0.444. The highest BCUT2D eigenvalue weighted by molar-refractivity contribution is 5.92. The molecule has 1 saturated heterocycles. The molecule has 0 bridgehead atoms. The fourth-order valence-corrected chi connectivity index (χ4v) is 2.45.